The maximum atomic E-state index is 12.6. The molecule has 27 heavy (non-hydrogen) atoms. The Balaban J connectivity index is 1.47. The Morgan fingerprint density at radius 3 is 2.41 bits per heavy atom. The first-order valence-corrected chi connectivity index (χ1v) is 9.81. The van der Waals surface area contributed by atoms with Crippen LogP contribution in [0.3, 0.4) is 0 Å². The highest BCUT2D eigenvalue weighted by molar-refractivity contribution is 5.76. The fourth-order valence-corrected chi connectivity index (χ4v) is 3.87. The van der Waals surface area contributed by atoms with Crippen LogP contribution >= 0.6 is 0 Å². The van der Waals surface area contributed by atoms with Crippen LogP contribution in [0.1, 0.15) is 44.3 Å². The predicted octanol–water partition coefficient (Wildman–Crippen LogP) is 2.32. The molecule has 2 aromatic rings. The van der Waals surface area contributed by atoms with E-state index in [0.717, 1.165) is 30.8 Å². The second-order valence-electron chi connectivity index (χ2n) is 7.63. The molecule has 7 heteroatoms. The predicted molar refractivity (Wildman–Crippen MR) is 105 cm³/mol. The smallest absolute Gasteiger partial charge is 0.222 e. The SMILES string of the molecule is CN(C)C1CCC(N(C)C(=O)CCCc2nnnn2-c2ccccc2)CC1. The summed E-state index contributed by atoms with van der Waals surface area (Å²) in [4.78, 5) is 16.9. The Bertz CT molecular complexity index is 721. The van der Waals surface area contributed by atoms with E-state index >= 15 is 0 Å². The Morgan fingerprint density at radius 2 is 1.74 bits per heavy atom. The third kappa shape index (κ3) is 4.91. The van der Waals surface area contributed by atoms with Gasteiger partial charge < -0.3 is 9.80 Å². The molecule has 0 unspecified atom stereocenters. The van der Waals surface area contributed by atoms with E-state index in [9.17, 15) is 4.79 Å². The normalized spacial score (nSPS) is 20.0. The lowest BCUT2D eigenvalue weighted by molar-refractivity contribution is -0.132. The topological polar surface area (TPSA) is 67.2 Å². The molecule has 0 atom stereocenters. The molecular weight excluding hydrogens is 340 g/mol. The summed E-state index contributed by atoms with van der Waals surface area (Å²) in [6.07, 6.45) is 6.50. The van der Waals surface area contributed by atoms with Crippen molar-refractivity contribution in [3.63, 3.8) is 0 Å². The van der Waals surface area contributed by atoms with Crippen LogP contribution in [0.25, 0.3) is 5.69 Å². The molecule has 146 valence electrons. The summed E-state index contributed by atoms with van der Waals surface area (Å²) in [5.74, 6) is 1.02. The lowest BCUT2D eigenvalue weighted by atomic mass is 9.89. The molecule has 0 N–H and O–H groups in total. The number of carbonyl (C=O) groups is 1. The summed E-state index contributed by atoms with van der Waals surface area (Å²) < 4.78 is 1.75. The van der Waals surface area contributed by atoms with Crippen molar-refractivity contribution in [1.29, 1.82) is 0 Å². The average molecular weight is 371 g/mol. The van der Waals surface area contributed by atoms with Crippen molar-refractivity contribution in [2.24, 2.45) is 0 Å². The van der Waals surface area contributed by atoms with Crippen LogP contribution < -0.4 is 0 Å². The number of aryl methyl sites for hydroxylation is 1. The molecule has 3 rings (SSSR count). The molecule has 1 aliphatic rings. The van der Waals surface area contributed by atoms with Crippen LogP contribution in [-0.2, 0) is 11.2 Å². The molecule has 0 spiro atoms. The van der Waals surface area contributed by atoms with Crippen LogP contribution in [-0.4, -0.2) is 69.1 Å². The number of rotatable bonds is 7. The number of hydrogen-bond donors (Lipinski definition) is 0. The monoisotopic (exact) mass is 370 g/mol. The molecule has 0 aliphatic heterocycles. The highest BCUT2D eigenvalue weighted by Gasteiger charge is 2.27. The van der Waals surface area contributed by atoms with Gasteiger partial charge >= 0.3 is 0 Å². The summed E-state index contributed by atoms with van der Waals surface area (Å²) in [7, 11) is 6.24. The van der Waals surface area contributed by atoms with E-state index in [1.165, 1.54) is 12.8 Å². The Morgan fingerprint density at radius 1 is 1.07 bits per heavy atom. The summed E-state index contributed by atoms with van der Waals surface area (Å²) >= 11 is 0. The molecule has 1 aromatic heterocycles. The molecule has 1 heterocycles. The average Bonchev–Trinajstić information content (AvgIpc) is 3.16. The minimum atomic E-state index is 0.224. The number of tetrazole rings is 1. The Hall–Kier alpha value is -2.28. The van der Waals surface area contributed by atoms with Gasteiger partial charge in [-0.3, -0.25) is 4.79 Å². The number of carbonyl (C=O) groups excluding carboxylic acids is 1. The molecule has 1 aliphatic carbocycles. The molecule has 0 bridgehead atoms. The number of amides is 1. The lowest BCUT2D eigenvalue weighted by Crippen LogP contribution is -2.42. The fourth-order valence-electron chi connectivity index (χ4n) is 3.87. The fraction of sp³-hybridized carbons (Fsp3) is 0.600. The van der Waals surface area contributed by atoms with Gasteiger partial charge in [-0.25, -0.2) is 0 Å². The number of aromatic nitrogens is 4. The van der Waals surface area contributed by atoms with Crippen LogP contribution in [0, 0.1) is 0 Å². The third-order valence-electron chi connectivity index (χ3n) is 5.66. The van der Waals surface area contributed by atoms with Crippen molar-refractivity contribution in [3.8, 4) is 5.69 Å². The Labute approximate surface area is 161 Å². The largest absolute Gasteiger partial charge is 0.343 e. The van der Waals surface area contributed by atoms with Crippen molar-refractivity contribution in [3.05, 3.63) is 36.2 Å². The van der Waals surface area contributed by atoms with Gasteiger partial charge in [0, 0.05) is 32.0 Å². The van der Waals surface area contributed by atoms with Crippen molar-refractivity contribution in [1.82, 2.24) is 30.0 Å². The second kappa shape index (κ2) is 9.08. The molecule has 1 aromatic carbocycles. The lowest BCUT2D eigenvalue weighted by Gasteiger charge is -2.37. The molecule has 7 nitrogen and oxygen atoms in total. The zero-order chi connectivity index (χ0) is 19.2. The van der Waals surface area contributed by atoms with E-state index in [2.05, 4.69) is 34.5 Å². The van der Waals surface area contributed by atoms with Crippen LogP contribution in [0.15, 0.2) is 30.3 Å². The van der Waals surface area contributed by atoms with Gasteiger partial charge in [0.15, 0.2) is 5.82 Å². The van der Waals surface area contributed by atoms with Crippen molar-refractivity contribution >= 4 is 5.91 Å². The molecule has 1 fully saturated rings. The molecule has 0 radical (unpaired) electrons. The number of nitrogens with zero attached hydrogens (tertiary/aromatic N) is 6. The molecule has 0 saturated heterocycles. The highest BCUT2D eigenvalue weighted by atomic mass is 16.2. The minimum Gasteiger partial charge on any atom is -0.343 e. The first kappa shape index (κ1) is 19.5. The summed E-state index contributed by atoms with van der Waals surface area (Å²) in [6.45, 7) is 0. The number of benzene rings is 1. The van der Waals surface area contributed by atoms with Crippen molar-refractivity contribution < 1.29 is 4.79 Å². The van der Waals surface area contributed by atoms with Crippen molar-refractivity contribution in [2.75, 3.05) is 21.1 Å². The van der Waals surface area contributed by atoms with Gasteiger partial charge in [-0.2, -0.15) is 4.68 Å². The van der Waals surface area contributed by atoms with Gasteiger partial charge in [0.05, 0.1) is 5.69 Å². The van der Waals surface area contributed by atoms with Crippen LogP contribution in [0.2, 0.25) is 0 Å². The van der Waals surface area contributed by atoms with Crippen molar-refractivity contribution in [2.45, 2.75) is 57.0 Å². The third-order valence-corrected chi connectivity index (χ3v) is 5.66. The van der Waals surface area contributed by atoms with E-state index in [1.54, 1.807) is 4.68 Å². The van der Waals surface area contributed by atoms with Gasteiger partial charge in [0.1, 0.15) is 0 Å². The number of hydrogen-bond acceptors (Lipinski definition) is 5. The van der Waals surface area contributed by atoms with E-state index < -0.39 is 0 Å². The zero-order valence-corrected chi connectivity index (χ0v) is 16.6. The van der Waals surface area contributed by atoms with E-state index in [1.807, 2.05) is 42.3 Å². The van der Waals surface area contributed by atoms with Gasteiger partial charge in [-0.15, -0.1) is 5.10 Å². The second-order valence-corrected chi connectivity index (χ2v) is 7.63. The maximum Gasteiger partial charge on any atom is 0.222 e. The number of para-hydroxylation sites is 1. The molecule has 1 amide bonds. The van der Waals surface area contributed by atoms with Gasteiger partial charge in [0.25, 0.3) is 0 Å². The quantitative estimate of drug-likeness (QED) is 0.748. The van der Waals surface area contributed by atoms with Gasteiger partial charge in [0.2, 0.25) is 5.91 Å². The van der Waals surface area contributed by atoms with Crippen LogP contribution in [0.4, 0.5) is 0 Å². The Kier molecular flexibility index (Phi) is 6.55. The van der Waals surface area contributed by atoms with Gasteiger partial charge in [-0.05, 0) is 68.8 Å². The first-order chi connectivity index (χ1) is 13.1. The van der Waals surface area contributed by atoms with Crippen LogP contribution in [0.5, 0.6) is 0 Å². The van der Waals surface area contributed by atoms with E-state index in [4.69, 9.17) is 0 Å². The first-order valence-electron chi connectivity index (χ1n) is 9.81. The standard InChI is InChI=1S/C20H30N6O/c1-24(2)16-12-14-17(15-13-16)25(3)20(27)11-7-10-19-21-22-23-26(19)18-8-5-4-6-9-18/h4-6,8-9,16-17H,7,10-15H2,1-3H3. The zero-order valence-electron chi connectivity index (χ0n) is 16.6. The minimum absolute atomic E-state index is 0.224. The summed E-state index contributed by atoms with van der Waals surface area (Å²) in [6, 6.07) is 10.9. The highest BCUT2D eigenvalue weighted by Crippen LogP contribution is 2.25. The molecule has 1 saturated carbocycles. The summed E-state index contributed by atoms with van der Waals surface area (Å²) in [5, 5.41) is 12.0. The maximum absolute atomic E-state index is 12.6. The van der Waals surface area contributed by atoms with Gasteiger partial charge in [-0.1, -0.05) is 18.2 Å². The van der Waals surface area contributed by atoms with E-state index in [0.29, 0.717) is 24.9 Å². The molecular formula is C20H30N6O. The summed E-state index contributed by atoms with van der Waals surface area (Å²) in [5.41, 5.74) is 0.943. The van der Waals surface area contributed by atoms with E-state index in [-0.39, 0.29) is 5.91 Å².